The van der Waals surface area contributed by atoms with Crippen molar-refractivity contribution in [3.8, 4) is 5.75 Å². The quantitative estimate of drug-likeness (QED) is 0.460. The van der Waals surface area contributed by atoms with Crippen LogP contribution >= 0.6 is 35.6 Å². The molecule has 2 aromatic carbocycles. The van der Waals surface area contributed by atoms with Crippen LogP contribution in [-0.2, 0) is 14.4 Å². The molecular weight excluding hydrogens is 467 g/mol. The molecule has 1 aliphatic heterocycles. The van der Waals surface area contributed by atoms with E-state index in [1.165, 1.54) is 36.4 Å². The average Bonchev–Trinajstić information content (AvgIpc) is 2.96. The van der Waals surface area contributed by atoms with Crippen molar-refractivity contribution >= 4 is 69.4 Å². The van der Waals surface area contributed by atoms with Crippen molar-refractivity contribution in [2.45, 2.75) is 0 Å². The van der Waals surface area contributed by atoms with E-state index in [-0.39, 0.29) is 21.6 Å². The van der Waals surface area contributed by atoms with Crippen molar-refractivity contribution in [3.63, 3.8) is 0 Å². The van der Waals surface area contributed by atoms with Crippen molar-refractivity contribution < 1.29 is 28.6 Å². The summed E-state index contributed by atoms with van der Waals surface area (Å²) in [5.41, 5.74) is 0.825. The summed E-state index contributed by atoms with van der Waals surface area (Å²) < 4.78 is 18.6. The molecule has 0 aromatic heterocycles. The molecule has 0 bridgehead atoms. The summed E-state index contributed by atoms with van der Waals surface area (Å²) in [5.74, 6) is -2.34. The highest BCUT2D eigenvalue weighted by molar-refractivity contribution is 8.26. The maximum Gasteiger partial charge on any atom is 0.323 e. The van der Waals surface area contributed by atoms with Crippen LogP contribution in [0.5, 0.6) is 5.75 Å². The highest BCUT2D eigenvalue weighted by Gasteiger charge is 2.33. The second kappa shape index (κ2) is 9.90. The molecule has 0 spiro atoms. The Kier molecular flexibility index (Phi) is 7.26. The van der Waals surface area contributed by atoms with Crippen LogP contribution in [0, 0.1) is 5.82 Å². The Labute approximate surface area is 190 Å². The number of carbonyl (C=O) groups excluding carboxylic acids is 2. The van der Waals surface area contributed by atoms with Crippen LogP contribution in [-0.4, -0.2) is 45.3 Å². The number of benzene rings is 2. The van der Waals surface area contributed by atoms with Crippen LogP contribution in [0.3, 0.4) is 0 Å². The number of nitrogens with one attached hydrogen (secondary N) is 1. The number of carboxylic acids is 1. The van der Waals surface area contributed by atoms with Gasteiger partial charge in [0.05, 0.1) is 4.91 Å². The predicted molar refractivity (Wildman–Crippen MR) is 119 cm³/mol. The van der Waals surface area contributed by atoms with E-state index in [9.17, 15) is 18.8 Å². The number of carboxylic acid groups (broad SMARTS) is 1. The van der Waals surface area contributed by atoms with Crippen LogP contribution in [0.4, 0.5) is 10.1 Å². The van der Waals surface area contributed by atoms with E-state index in [0.717, 1.165) is 16.7 Å². The summed E-state index contributed by atoms with van der Waals surface area (Å²) in [5, 5.41) is 11.9. The number of anilines is 1. The zero-order valence-electron chi connectivity index (χ0n) is 15.6. The van der Waals surface area contributed by atoms with Crippen molar-refractivity contribution in [1.82, 2.24) is 4.90 Å². The molecular formula is C20H14ClFN2O5S2. The van der Waals surface area contributed by atoms with Gasteiger partial charge >= 0.3 is 5.97 Å². The molecule has 0 radical (unpaired) electrons. The summed E-state index contributed by atoms with van der Waals surface area (Å²) in [6, 6.07) is 9.90. The maximum absolute atomic E-state index is 13.0. The van der Waals surface area contributed by atoms with Crippen LogP contribution < -0.4 is 10.1 Å². The van der Waals surface area contributed by atoms with Crippen LogP contribution in [0.25, 0.3) is 6.08 Å². The number of thiocarbonyl (C=S) groups is 1. The Morgan fingerprint density at radius 2 is 1.97 bits per heavy atom. The van der Waals surface area contributed by atoms with Gasteiger partial charge in [-0.15, -0.1) is 0 Å². The number of thioether (sulfide) groups is 1. The first-order valence-electron chi connectivity index (χ1n) is 8.68. The van der Waals surface area contributed by atoms with Crippen molar-refractivity contribution in [3.05, 3.63) is 63.8 Å². The zero-order valence-corrected chi connectivity index (χ0v) is 18.0. The third-order valence-corrected chi connectivity index (χ3v) is 5.53. The van der Waals surface area contributed by atoms with Gasteiger partial charge in [0.25, 0.3) is 11.8 Å². The first kappa shape index (κ1) is 22.7. The lowest BCUT2D eigenvalue weighted by Gasteiger charge is -2.11. The molecule has 31 heavy (non-hydrogen) atoms. The molecule has 7 nitrogen and oxygen atoms in total. The molecule has 0 unspecified atom stereocenters. The van der Waals surface area contributed by atoms with E-state index in [1.54, 1.807) is 12.1 Å². The lowest BCUT2D eigenvalue weighted by molar-refractivity contribution is -0.140. The molecule has 2 N–H and O–H groups in total. The minimum Gasteiger partial charge on any atom is -0.483 e. The minimum atomic E-state index is -1.18. The fraction of sp³-hybridized carbons (Fsp3) is 0.100. The Hall–Kier alpha value is -2.95. The lowest BCUT2D eigenvalue weighted by Crippen LogP contribution is -2.33. The normalized spacial score (nSPS) is 14.8. The number of hydrogen-bond donors (Lipinski definition) is 2. The fourth-order valence-electron chi connectivity index (χ4n) is 2.55. The lowest BCUT2D eigenvalue weighted by atomic mass is 10.2. The highest BCUT2D eigenvalue weighted by Crippen LogP contribution is 2.35. The molecule has 1 aliphatic rings. The van der Waals surface area contributed by atoms with E-state index >= 15 is 0 Å². The van der Waals surface area contributed by atoms with Crippen LogP contribution in [0.2, 0.25) is 5.02 Å². The second-order valence-electron chi connectivity index (χ2n) is 6.19. The van der Waals surface area contributed by atoms with E-state index in [2.05, 4.69) is 5.32 Å². The van der Waals surface area contributed by atoms with Gasteiger partial charge in [0.1, 0.15) is 22.4 Å². The maximum atomic E-state index is 13.0. The van der Waals surface area contributed by atoms with Crippen LogP contribution in [0.1, 0.15) is 5.56 Å². The highest BCUT2D eigenvalue weighted by atomic mass is 35.5. The molecule has 0 atom stereocenters. The second-order valence-corrected chi connectivity index (χ2v) is 8.30. The fourth-order valence-corrected chi connectivity index (χ4v) is 3.98. The smallest absolute Gasteiger partial charge is 0.323 e. The SMILES string of the molecule is O=C(O)CN1C(=O)/C(=C/c2cc(Cl)ccc2OCC(=O)Nc2ccc(F)cc2)SC1=S. The van der Waals surface area contributed by atoms with Gasteiger partial charge in [-0.25, -0.2) is 4.39 Å². The molecule has 11 heteroatoms. The number of nitrogens with zero attached hydrogens (tertiary/aromatic N) is 1. The Balaban J connectivity index is 1.73. The summed E-state index contributed by atoms with van der Waals surface area (Å²) in [6.45, 7) is -0.885. The van der Waals surface area contributed by atoms with E-state index in [0.29, 0.717) is 16.3 Å². The molecule has 1 saturated heterocycles. The molecule has 3 rings (SSSR count). The monoisotopic (exact) mass is 480 g/mol. The van der Waals surface area contributed by atoms with Crippen molar-refractivity contribution in [2.75, 3.05) is 18.5 Å². The average molecular weight is 481 g/mol. The van der Waals surface area contributed by atoms with Gasteiger partial charge in [-0.3, -0.25) is 19.3 Å². The van der Waals surface area contributed by atoms with E-state index < -0.39 is 30.1 Å². The minimum absolute atomic E-state index is 0.127. The van der Waals surface area contributed by atoms with Gasteiger partial charge < -0.3 is 15.2 Å². The van der Waals surface area contributed by atoms with Gasteiger partial charge in [-0.2, -0.15) is 0 Å². The van der Waals surface area contributed by atoms with Gasteiger partial charge in [0.15, 0.2) is 6.61 Å². The molecule has 160 valence electrons. The molecule has 2 amide bonds. The Bertz CT molecular complexity index is 1090. The van der Waals surface area contributed by atoms with Gasteiger partial charge in [-0.1, -0.05) is 35.6 Å². The number of aliphatic carboxylic acids is 1. The van der Waals surface area contributed by atoms with E-state index in [4.69, 9.17) is 33.7 Å². The number of halogens is 2. The van der Waals surface area contributed by atoms with Crippen molar-refractivity contribution in [2.24, 2.45) is 0 Å². The Morgan fingerprint density at radius 3 is 2.65 bits per heavy atom. The predicted octanol–water partition coefficient (Wildman–Crippen LogP) is 3.78. The largest absolute Gasteiger partial charge is 0.483 e. The summed E-state index contributed by atoms with van der Waals surface area (Å²) >= 11 is 12.1. The molecule has 0 saturated carbocycles. The summed E-state index contributed by atoms with van der Waals surface area (Å²) in [7, 11) is 0. The van der Waals surface area contributed by atoms with Crippen LogP contribution in [0.15, 0.2) is 47.4 Å². The molecule has 1 fully saturated rings. The van der Waals surface area contributed by atoms with Gasteiger partial charge in [0, 0.05) is 16.3 Å². The molecule has 1 heterocycles. The van der Waals surface area contributed by atoms with Gasteiger partial charge in [0.2, 0.25) is 0 Å². The topological polar surface area (TPSA) is 95.9 Å². The first-order valence-corrected chi connectivity index (χ1v) is 10.3. The summed E-state index contributed by atoms with van der Waals surface area (Å²) in [6.07, 6.45) is 1.47. The summed E-state index contributed by atoms with van der Waals surface area (Å²) in [4.78, 5) is 36.7. The van der Waals surface area contributed by atoms with E-state index in [1.807, 2.05) is 0 Å². The number of hydrogen-bond acceptors (Lipinski definition) is 6. The number of ether oxygens (including phenoxy) is 1. The number of carbonyl (C=O) groups is 3. The molecule has 2 aromatic rings. The third-order valence-electron chi connectivity index (χ3n) is 3.91. The third kappa shape index (κ3) is 6.03. The number of amides is 2. The zero-order chi connectivity index (χ0) is 22.5. The standard InChI is InChI=1S/C20H14ClFN2O5S2/c21-12-1-6-15(29-10-17(25)23-14-4-2-13(22)3-5-14)11(7-12)8-16-19(28)24(9-18(26)27)20(30)31-16/h1-8H,9-10H2,(H,23,25)(H,26,27)/b16-8-. The number of rotatable bonds is 7. The molecule has 0 aliphatic carbocycles. The van der Waals surface area contributed by atoms with Crippen molar-refractivity contribution in [1.29, 1.82) is 0 Å². The van der Waals surface area contributed by atoms with Gasteiger partial charge in [-0.05, 0) is 48.5 Å². The first-order chi connectivity index (χ1) is 14.7. The Morgan fingerprint density at radius 1 is 1.26 bits per heavy atom.